The van der Waals surface area contributed by atoms with E-state index < -0.39 is 0 Å². The van der Waals surface area contributed by atoms with Crippen LogP contribution in [0.2, 0.25) is 0 Å². The molecule has 1 amide bonds. The molecule has 0 aliphatic carbocycles. The Morgan fingerprint density at radius 1 is 1.10 bits per heavy atom. The number of carbonyl (C=O) groups excluding carboxylic acids is 1. The molecular weight excluding hydrogens is 394 g/mol. The van der Waals surface area contributed by atoms with Gasteiger partial charge in [0.1, 0.15) is 5.75 Å². The Bertz CT molecular complexity index is 1140. The molecule has 1 saturated heterocycles. The fraction of sp³-hybridized carbons (Fsp3) is 0.167. The van der Waals surface area contributed by atoms with Crippen LogP contribution in [0.15, 0.2) is 70.7 Å². The molecule has 4 rings (SSSR count). The van der Waals surface area contributed by atoms with E-state index in [1.54, 1.807) is 0 Å². The number of carbonyl (C=O) groups is 1. The van der Waals surface area contributed by atoms with Gasteiger partial charge in [-0.3, -0.25) is 4.79 Å². The molecule has 5 nitrogen and oxygen atoms in total. The summed E-state index contributed by atoms with van der Waals surface area (Å²) in [6.45, 7) is 6.77. The molecule has 0 spiro atoms. The Morgan fingerprint density at radius 3 is 2.63 bits per heavy atom. The summed E-state index contributed by atoms with van der Waals surface area (Å²) in [7, 11) is 0. The summed E-state index contributed by atoms with van der Waals surface area (Å²) in [5, 5.41) is 3.41. The smallest absolute Gasteiger partial charge is 0.264 e. The number of amidine groups is 1. The fourth-order valence-electron chi connectivity index (χ4n) is 3.14. The molecule has 0 atom stereocenters. The lowest BCUT2D eigenvalue weighted by molar-refractivity contribution is -0.115. The molecule has 2 aromatic carbocycles. The average Bonchev–Trinajstić information content (AvgIpc) is 3.32. The van der Waals surface area contributed by atoms with E-state index in [1.807, 2.05) is 55.6 Å². The van der Waals surface area contributed by atoms with E-state index in [4.69, 9.17) is 4.74 Å². The van der Waals surface area contributed by atoms with Crippen molar-refractivity contribution >= 4 is 34.6 Å². The lowest BCUT2D eigenvalue weighted by Crippen LogP contribution is -2.19. The Kier molecular flexibility index (Phi) is 5.77. The topological polar surface area (TPSA) is 55.6 Å². The monoisotopic (exact) mass is 417 g/mol. The second-order valence-corrected chi connectivity index (χ2v) is 8.01. The summed E-state index contributed by atoms with van der Waals surface area (Å²) in [4.78, 5) is 17.6. The highest BCUT2D eigenvalue weighted by Gasteiger charge is 2.24. The molecule has 0 radical (unpaired) electrons. The van der Waals surface area contributed by atoms with Gasteiger partial charge in [-0.1, -0.05) is 6.07 Å². The number of hydrogen-bond donors (Lipinski definition) is 1. The number of amides is 1. The number of nitrogens with one attached hydrogen (secondary N) is 1. The summed E-state index contributed by atoms with van der Waals surface area (Å²) in [6.07, 6.45) is 3.90. The van der Waals surface area contributed by atoms with Crippen LogP contribution >= 0.6 is 11.8 Å². The summed E-state index contributed by atoms with van der Waals surface area (Å²) < 4.78 is 7.53. The van der Waals surface area contributed by atoms with Crippen molar-refractivity contribution in [2.24, 2.45) is 4.99 Å². The number of nitrogens with zero attached hydrogens (tertiary/aromatic N) is 2. The first kappa shape index (κ1) is 20.0. The van der Waals surface area contributed by atoms with Crippen molar-refractivity contribution in [3.63, 3.8) is 0 Å². The van der Waals surface area contributed by atoms with Crippen LogP contribution in [0.25, 0.3) is 11.8 Å². The van der Waals surface area contributed by atoms with Gasteiger partial charge >= 0.3 is 0 Å². The van der Waals surface area contributed by atoms with Gasteiger partial charge in [-0.05, 0) is 98.3 Å². The number of aliphatic imine (C=N–C) groups is 1. The van der Waals surface area contributed by atoms with Crippen LogP contribution in [0.4, 0.5) is 5.69 Å². The molecule has 1 aliphatic heterocycles. The number of ether oxygens (including phenoxy) is 1. The minimum atomic E-state index is -0.141. The maximum Gasteiger partial charge on any atom is 0.264 e. The molecular formula is C24H23N3O2S. The largest absolute Gasteiger partial charge is 0.494 e. The average molecular weight is 418 g/mol. The van der Waals surface area contributed by atoms with E-state index in [0.29, 0.717) is 16.7 Å². The van der Waals surface area contributed by atoms with Crippen LogP contribution in [0.5, 0.6) is 5.75 Å². The van der Waals surface area contributed by atoms with E-state index in [2.05, 4.69) is 46.9 Å². The van der Waals surface area contributed by atoms with Gasteiger partial charge in [0.05, 0.1) is 17.2 Å². The van der Waals surface area contributed by atoms with Crippen LogP contribution in [-0.4, -0.2) is 22.2 Å². The van der Waals surface area contributed by atoms with Crippen LogP contribution in [0.1, 0.15) is 23.7 Å². The predicted molar refractivity (Wildman–Crippen MR) is 124 cm³/mol. The molecule has 152 valence electrons. The summed E-state index contributed by atoms with van der Waals surface area (Å²) in [5.41, 5.74) is 5.27. The molecule has 1 N–H and O–H groups in total. The standard InChI is InChI=1S/C24H23N3O2S/c1-4-29-21-11-8-18(9-12-21)25-24-26-23(28)22(30-24)15-19-6-5-13-27(19)20-10-7-16(2)17(3)14-20/h5-15H,4H2,1-3H3,(H,25,26,28)/b22-15+. The number of thioether (sulfide) groups is 1. The molecule has 6 heteroatoms. The third kappa shape index (κ3) is 4.33. The first-order valence-electron chi connectivity index (χ1n) is 9.81. The third-order valence-corrected chi connectivity index (χ3v) is 5.77. The van der Waals surface area contributed by atoms with Gasteiger partial charge < -0.3 is 14.6 Å². The van der Waals surface area contributed by atoms with Gasteiger partial charge in [0, 0.05) is 17.6 Å². The number of benzene rings is 2. The lowest BCUT2D eigenvalue weighted by Gasteiger charge is -2.09. The Morgan fingerprint density at radius 2 is 1.90 bits per heavy atom. The van der Waals surface area contributed by atoms with Crippen molar-refractivity contribution in [3.8, 4) is 11.4 Å². The number of rotatable bonds is 5. The Hall–Kier alpha value is -3.25. The van der Waals surface area contributed by atoms with Gasteiger partial charge in [0.25, 0.3) is 5.91 Å². The molecule has 0 bridgehead atoms. The summed E-state index contributed by atoms with van der Waals surface area (Å²) in [5.74, 6) is 0.662. The van der Waals surface area contributed by atoms with E-state index >= 15 is 0 Å². The summed E-state index contributed by atoms with van der Waals surface area (Å²) in [6, 6.07) is 17.8. The van der Waals surface area contributed by atoms with E-state index in [1.165, 1.54) is 22.9 Å². The van der Waals surface area contributed by atoms with Crippen molar-refractivity contribution in [3.05, 3.63) is 82.5 Å². The lowest BCUT2D eigenvalue weighted by atomic mass is 10.1. The zero-order valence-corrected chi connectivity index (χ0v) is 18.0. The van der Waals surface area contributed by atoms with Gasteiger partial charge in [-0.25, -0.2) is 4.99 Å². The van der Waals surface area contributed by atoms with Crippen LogP contribution in [0.3, 0.4) is 0 Å². The van der Waals surface area contributed by atoms with Crippen molar-refractivity contribution in [2.45, 2.75) is 20.8 Å². The number of aryl methyl sites for hydroxylation is 2. The van der Waals surface area contributed by atoms with E-state index in [-0.39, 0.29) is 5.91 Å². The third-order valence-electron chi connectivity index (χ3n) is 4.86. The van der Waals surface area contributed by atoms with Crippen molar-refractivity contribution in [1.29, 1.82) is 0 Å². The highest BCUT2D eigenvalue weighted by molar-refractivity contribution is 8.18. The van der Waals surface area contributed by atoms with Gasteiger partial charge in [-0.15, -0.1) is 0 Å². The molecule has 0 saturated carbocycles. The zero-order valence-electron chi connectivity index (χ0n) is 17.2. The van der Waals surface area contributed by atoms with Crippen molar-refractivity contribution in [2.75, 3.05) is 6.61 Å². The van der Waals surface area contributed by atoms with Crippen molar-refractivity contribution < 1.29 is 9.53 Å². The minimum absolute atomic E-state index is 0.141. The maximum absolute atomic E-state index is 12.5. The second kappa shape index (κ2) is 8.63. The molecule has 1 aliphatic rings. The second-order valence-electron chi connectivity index (χ2n) is 6.98. The van der Waals surface area contributed by atoms with E-state index in [0.717, 1.165) is 22.8 Å². The van der Waals surface area contributed by atoms with Gasteiger partial charge in [0.2, 0.25) is 0 Å². The molecule has 3 aromatic rings. The minimum Gasteiger partial charge on any atom is -0.494 e. The Labute approximate surface area is 180 Å². The van der Waals surface area contributed by atoms with Crippen LogP contribution < -0.4 is 10.1 Å². The van der Waals surface area contributed by atoms with Crippen molar-refractivity contribution in [1.82, 2.24) is 9.88 Å². The molecule has 1 aromatic heterocycles. The Balaban J connectivity index is 1.56. The van der Waals surface area contributed by atoms with Gasteiger partial charge in [0.15, 0.2) is 5.17 Å². The van der Waals surface area contributed by atoms with Gasteiger partial charge in [-0.2, -0.15) is 0 Å². The van der Waals surface area contributed by atoms with Crippen LogP contribution in [-0.2, 0) is 4.79 Å². The quantitative estimate of drug-likeness (QED) is 0.567. The van der Waals surface area contributed by atoms with Crippen LogP contribution in [0, 0.1) is 13.8 Å². The predicted octanol–water partition coefficient (Wildman–Crippen LogP) is 5.38. The first-order chi connectivity index (χ1) is 14.5. The molecule has 2 heterocycles. The number of aromatic nitrogens is 1. The zero-order chi connectivity index (χ0) is 21.1. The maximum atomic E-state index is 12.5. The highest BCUT2D eigenvalue weighted by Crippen LogP contribution is 2.29. The molecule has 0 unspecified atom stereocenters. The molecule has 1 fully saturated rings. The normalized spacial score (nSPS) is 16.3. The highest BCUT2D eigenvalue weighted by atomic mass is 32.2. The SMILES string of the molecule is CCOc1ccc(N=C2NC(=O)/C(=C\c3cccn3-c3ccc(C)c(C)c3)S2)cc1. The fourth-order valence-corrected chi connectivity index (χ4v) is 3.96. The molecule has 30 heavy (non-hydrogen) atoms. The van der Waals surface area contributed by atoms with E-state index in [9.17, 15) is 4.79 Å². The summed E-state index contributed by atoms with van der Waals surface area (Å²) >= 11 is 1.34. The number of hydrogen-bond acceptors (Lipinski definition) is 4. The first-order valence-corrected chi connectivity index (χ1v) is 10.6.